The molecule has 2 aromatic rings. The van der Waals surface area contributed by atoms with Crippen LogP contribution in [0.2, 0.25) is 0 Å². The Morgan fingerprint density at radius 1 is 1.12 bits per heavy atom. The maximum absolute atomic E-state index is 13.4. The van der Waals surface area contributed by atoms with Gasteiger partial charge in [-0.25, -0.2) is 14.8 Å². The molecule has 1 aromatic carbocycles. The Hall–Kier alpha value is -2.84. The molecule has 34 heavy (non-hydrogen) atoms. The Bertz CT molecular complexity index is 974. The van der Waals surface area contributed by atoms with Crippen LogP contribution in [0.4, 0.5) is 4.79 Å². The number of methoxy groups -OCH3 is 1. The lowest BCUT2D eigenvalue weighted by Gasteiger charge is -2.51. The van der Waals surface area contributed by atoms with Gasteiger partial charge in [-0.3, -0.25) is 9.69 Å². The molecular formula is C26H35N5O3. The van der Waals surface area contributed by atoms with Gasteiger partial charge in [0.25, 0.3) is 0 Å². The summed E-state index contributed by atoms with van der Waals surface area (Å²) >= 11 is 0. The molecule has 8 heteroatoms. The first-order valence-electron chi connectivity index (χ1n) is 12.0. The van der Waals surface area contributed by atoms with Crippen LogP contribution in [-0.2, 0) is 21.5 Å². The molecule has 1 saturated heterocycles. The Labute approximate surface area is 201 Å². The lowest BCUT2D eigenvalue weighted by molar-refractivity contribution is -0.119. The second-order valence-corrected chi connectivity index (χ2v) is 9.72. The second kappa shape index (κ2) is 10.2. The van der Waals surface area contributed by atoms with Crippen molar-refractivity contribution in [1.29, 1.82) is 0 Å². The molecule has 2 fully saturated rings. The summed E-state index contributed by atoms with van der Waals surface area (Å²) in [5.74, 6) is -0.0153. The van der Waals surface area contributed by atoms with Gasteiger partial charge in [0.2, 0.25) is 0 Å². The van der Waals surface area contributed by atoms with Gasteiger partial charge in [0, 0.05) is 31.9 Å². The molecule has 0 radical (unpaired) electrons. The summed E-state index contributed by atoms with van der Waals surface area (Å²) in [5.41, 5.74) is 1.66. The molecule has 0 N–H and O–H groups in total. The summed E-state index contributed by atoms with van der Waals surface area (Å²) in [5, 5.41) is 0. The quantitative estimate of drug-likeness (QED) is 0.567. The molecule has 0 unspecified atom stereocenters. The van der Waals surface area contributed by atoms with E-state index in [4.69, 9.17) is 4.74 Å². The number of Topliss-reactive ketones (excluding diaryl/α,β-unsaturated/α-hetero) is 1. The molecule has 2 aliphatic rings. The summed E-state index contributed by atoms with van der Waals surface area (Å²) < 4.78 is 5.33. The van der Waals surface area contributed by atoms with Gasteiger partial charge in [-0.15, -0.1) is 0 Å². The minimum Gasteiger partial charge on any atom is -0.383 e. The minimum absolute atomic E-state index is 0.0153. The van der Waals surface area contributed by atoms with Gasteiger partial charge in [-0.05, 0) is 51.4 Å². The van der Waals surface area contributed by atoms with Crippen molar-refractivity contribution >= 4 is 11.8 Å². The number of ketones is 1. The predicted octanol–water partition coefficient (Wildman–Crippen LogP) is 2.74. The monoisotopic (exact) mass is 465 g/mol. The lowest BCUT2D eigenvalue weighted by atomic mass is 9.68. The highest BCUT2D eigenvalue weighted by Crippen LogP contribution is 2.48. The second-order valence-electron chi connectivity index (χ2n) is 9.72. The van der Waals surface area contributed by atoms with Crippen LogP contribution in [-0.4, -0.2) is 89.5 Å². The number of urea groups is 1. The SMILES string of the molecule is COCCN1C(=O)N(CC(=O)Cc2ccncn2)CC12CCC(c1ccccc1)(N(C)C)CC2. The third-order valence-electron chi connectivity index (χ3n) is 7.64. The molecule has 2 heterocycles. The van der Waals surface area contributed by atoms with Gasteiger partial charge in [0.15, 0.2) is 5.78 Å². The van der Waals surface area contributed by atoms with E-state index >= 15 is 0 Å². The molecular weight excluding hydrogens is 430 g/mol. The van der Waals surface area contributed by atoms with E-state index in [9.17, 15) is 9.59 Å². The third-order valence-corrected chi connectivity index (χ3v) is 7.64. The molecule has 1 aliphatic heterocycles. The number of hydrogen-bond acceptors (Lipinski definition) is 6. The first-order valence-corrected chi connectivity index (χ1v) is 12.0. The zero-order chi connectivity index (χ0) is 24.2. The number of rotatable bonds is 9. The number of carbonyl (C=O) groups excluding carboxylic acids is 2. The number of benzene rings is 1. The largest absolute Gasteiger partial charge is 0.383 e. The van der Waals surface area contributed by atoms with Crippen LogP contribution >= 0.6 is 0 Å². The van der Waals surface area contributed by atoms with Crippen molar-refractivity contribution in [2.75, 3.05) is 47.4 Å². The third kappa shape index (κ3) is 4.70. The van der Waals surface area contributed by atoms with E-state index in [1.807, 2.05) is 4.90 Å². The zero-order valence-electron chi connectivity index (χ0n) is 20.4. The van der Waals surface area contributed by atoms with Crippen LogP contribution in [0.15, 0.2) is 48.9 Å². The molecule has 0 atom stereocenters. The van der Waals surface area contributed by atoms with Crippen molar-refractivity contribution in [1.82, 2.24) is 24.7 Å². The molecule has 8 nitrogen and oxygen atoms in total. The number of aromatic nitrogens is 2. The number of ether oxygens (including phenoxy) is 1. The first-order chi connectivity index (χ1) is 16.4. The van der Waals surface area contributed by atoms with Crippen molar-refractivity contribution in [2.24, 2.45) is 0 Å². The van der Waals surface area contributed by atoms with Crippen LogP contribution < -0.4 is 0 Å². The van der Waals surface area contributed by atoms with Gasteiger partial charge in [0.05, 0.1) is 30.8 Å². The van der Waals surface area contributed by atoms with E-state index in [0.717, 1.165) is 25.7 Å². The summed E-state index contributed by atoms with van der Waals surface area (Å²) in [4.78, 5) is 40.3. The highest BCUT2D eigenvalue weighted by molar-refractivity contribution is 5.88. The van der Waals surface area contributed by atoms with Crippen LogP contribution in [0.1, 0.15) is 36.9 Å². The van der Waals surface area contributed by atoms with Gasteiger partial charge in [-0.2, -0.15) is 0 Å². The summed E-state index contributed by atoms with van der Waals surface area (Å²) in [6.07, 6.45) is 6.93. The molecule has 1 aromatic heterocycles. The van der Waals surface area contributed by atoms with Crippen LogP contribution in [0.25, 0.3) is 0 Å². The van der Waals surface area contributed by atoms with Crippen molar-refractivity contribution in [3.8, 4) is 0 Å². The van der Waals surface area contributed by atoms with Crippen molar-refractivity contribution in [3.05, 3.63) is 60.2 Å². The van der Waals surface area contributed by atoms with Crippen LogP contribution in [0.5, 0.6) is 0 Å². The van der Waals surface area contributed by atoms with Crippen molar-refractivity contribution < 1.29 is 14.3 Å². The van der Waals surface area contributed by atoms with E-state index in [0.29, 0.717) is 25.4 Å². The average molecular weight is 466 g/mol. The van der Waals surface area contributed by atoms with E-state index in [1.165, 1.54) is 11.9 Å². The number of amides is 2. The molecule has 4 rings (SSSR count). The Kier molecular flexibility index (Phi) is 7.28. The van der Waals surface area contributed by atoms with E-state index in [-0.39, 0.29) is 35.9 Å². The van der Waals surface area contributed by atoms with E-state index < -0.39 is 0 Å². The number of carbonyl (C=O) groups is 2. The van der Waals surface area contributed by atoms with Gasteiger partial charge < -0.3 is 14.5 Å². The molecule has 1 aliphatic carbocycles. The fraction of sp³-hybridized carbons (Fsp3) is 0.538. The molecule has 1 saturated carbocycles. The number of nitrogens with zero attached hydrogens (tertiary/aromatic N) is 5. The Morgan fingerprint density at radius 3 is 2.47 bits per heavy atom. The summed E-state index contributed by atoms with van der Waals surface area (Å²) in [7, 11) is 5.95. The zero-order valence-corrected chi connectivity index (χ0v) is 20.4. The Balaban J connectivity index is 1.51. The summed E-state index contributed by atoms with van der Waals surface area (Å²) in [6.45, 7) is 1.69. The smallest absolute Gasteiger partial charge is 0.321 e. The molecule has 2 amide bonds. The summed E-state index contributed by atoms with van der Waals surface area (Å²) in [6, 6.07) is 12.3. The maximum Gasteiger partial charge on any atom is 0.321 e. The van der Waals surface area contributed by atoms with Crippen molar-refractivity contribution in [3.63, 3.8) is 0 Å². The number of hydrogen-bond donors (Lipinski definition) is 0. The normalized spacial score (nSPS) is 24.9. The fourth-order valence-electron chi connectivity index (χ4n) is 5.71. The fourth-order valence-corrected chi connectivity index (χ4v) is 5.71. The molecule has 1 spiro atoms. The highest BCUT2D eigenvalue weighted by Gasteiger charge is 2.54. The van der Waals surface area contributed by atoms with Gasteiger partial charge in [-0.1, -0.05) is 30.3 Å². The minimum atomic E-state index is -0.279. The average Bonchev–Trinajstić information content (AvgIpc) is 3.09. The van der Waals surface area contributed by atoms with Gasteiger partial charge >= 0.3 is 6.03 Å². The van der Waals surface area contributed by atoms with Crippen LogP contribution in [0.3, 0.4) is 0 Å². The Morgan fingerprint density at radius 2 is 1.85 bits per heavy atom. The lowest BCUT2D eigenvalue weighted by Crippen LogP contribution is -2.56. The molecule has 182 valence electrons. The predicted molar refractivity (Wildman–Crippen MR) is 129 cm³/mol. The first kappa shape index (κ1) is 24.3. The van der Waals surface area contributed by atoms with E-state index in [1.54, 1.807) is 24.3 Å². The van der Waals surface area contributed by atoms with Crippen molar-refractivity contribution in [2.45, 2.75) is 43.2 Å². The maximum atomic E-state index is 13.4. The van der Waals surface area contributed by atoms with E-state index in [2.05, 4.69) is 59.3 Å². The highest BCUT2D eigenvalue weighted by atomic mass is 16.5. The molecule has 0 bridgehead atoms. The standard InChI is InChI=1S/C26H35N5O3/c1-29(2)26(21-7-5-4-6-8-21)12-10-25(11-13-26)19-30(24(33)31(25)15-16-34-3)18-23(32)17-22-9-14-27-20-28-22/h4-9,14,20H,10-13,15-19H2,1-3H3. The van der Waals surface area contributed by atoms with Crippen LogP contribution in [0, 0.1) is 0 Å². The topological polar surface area (TPSA) is 78.9 Å². The van der Waals surface area contributed by atoms with Gasteiger partial charge in [0.1, 0.15) is 6.33 Å².